The minimum Gasteiger partial charge on any atom is -0.345 e. The van der Waals surface area contributed by atoms with Crippen LogP contribution in [0.2, 0.25) is 0 Å². The zero-order chi connectivity index (χ0) is 14.1. The third-order valence-corrected chi connectivity index (χ3v) is 3.74. The van der Waals surface area contributed by atoms with Crippen LogP contribution in [0.1, 0.15) is 43.9 Å². The number of ether oxygens (including phenoxy) is 2. The maximum Gasteiger partial charge on any atom is 0.207 e. The van der Waals surface area contributed by atoms with Crippen LogP contribution in [0.25, 0.3) is 0 Å². The Morgan fingerprint density at radius 3 is 2.37 bits per heavy atom. The first kappa shape index (κ1) is 14.5. The van der Waals surface area contributed by atoms with Crippen molar-refractivity contribution in [2.24, 2.45) is 5.73 Å². The van der Waals surface area contributed by atoms with E-state index in [9.17, 15) is 0 Å². The SMILES string of the molecule is Cc1ccc(C(C)(C)C)cc1C1(CN)OCCCO1. The highest BCUT2D eigenvalue weighted by molar-refractivity contribution is 5.37. The summed E-state index contributed by atoms with van der Waals surface area (Å²) in [6.07, 6.45) is 0.930. The highest BCUT2D eigenvalue weighted by atomic mass is 16.7. The first-order chi connectivity index (χ1) is 8.89. The molecule has 0 saturated carbocycles. The van der Waals surface area contributed by atoms with Gasteiger partial charge in [-0.1, -0.05) is 32.9 Å². The average Bonchev–Trinajstić information content (AvgIpc) is 2.38. The fraction of sp³-hybridized carbons (Fsp3) is 0.625. The molecule has 1 saturated heterocycles. The summed E-state index contributed by atoms with van der Waals surface area (Å²) in [6, 6.07) is 6.49. The molecule has 2 rings (SSSR count). The normalized spacial score (nSPS) is 19.4. The topological polar surface area (TPSA) is 44.5 Å². The molecule has 0 bridgehead atoms. The molecule has 2 N–H and O–H groups in total. The van der Waals surface area contributed by atoms with Crippen LogP contribution < -0.4 is 5.73 Å². The molecule has 19 heavy (non-hydrogen) atoms. The molecule has 0 radical (unpaired) electrons. The second-order valence-corrected chi connectivity index (χ2v) is 6.29. The zero-order valence-electron chi connectivity index (χ0n) is 12.5. The number of benzene rings is 1. The number of hydrogen-bond donors (Lipinski definition) is 1. The van der Waals surface area contributed by atoms with E-state index in [0.29, 0.717) is 19.8 Å². The monoisotopic (exact) mass is 263 g/mol. The molecule has 0 aromatic heterocycles. The van der Waals surface area contributed by atoms with E-state index in [1.165, 1.54) is 11.1 Å². The number of nitrogens with two attached hydrogens (primary N) is 1. The lowest BCUT2D eigenvalue weighted by Gasteiger charge is -2.38. The maximum absolute atomic E-state index is 5.95. The molecule has 0 aliphatic carbocycles. The van der Waals surface area contributed by atoms with Gasteiger partial charge >= 0.3 is 0 Å². The van der Waals surface area contributed by atoms with Crippen LogP contribution in [0.5, 0.6) is 0 Å². The van der Waals surface area contributed by atoms with Crippen molar-refractivity contribution in [3.8, 4) is 0 Å². The van der Waals surface area contributed by atoms with Gasteiger partial charge in [0.2, 0.25) is 5.79 Å². The van der Waals surface area contributed by atoms with Crippen LogP contribution in [0.15, 0.2) is 18.2 Å². The first-order valence-corrected chi connectivity index (χ1v) is 6.99. The lowest BCUT2D eigenvalue weighted by Crippen LogP contribution is -2.45. The van der Waals surface area contributed by atoms with Gasteiger partial charge in [-0.15, -0.1) is 0 Å². The van der Waals surface area contributed by atoms with E-state index < -0.39 is 5.79 Å². The van der Waals surface area contributed by atoms with Gasteiger partial charge in [-0.25, -0.2) is 0 Å². The molecule has 0 atom stereocenters. The zero-order valence-corrected chi connectivity index (χ0v) is 12.5. The van der Waals surface area contributed by atoms with E-state index >= 15 is 0 Å². The minimum atomic E-state index is -0.760. The Morgan fingerprint density at radius 2 is 1.84 bits per heavy atom. The van der Waals surface area contributed by atoms with Crippen molar-refractivity contribution >= 4 is 0 Å². The molecule has 1 aromatic rings. The second kappa shape index (κ2) is 5.23. The van der Waals surface area contributed by atoms with Crippen molar-refractivity contribution in [2.75, 3.05) is 19.8 Å². The van der Waals surface area contributed by atoms with E-state index in [1.807, 2.05) is 0 Å². The van der Waals surface area contributed by atoms with Crippen molar-refractivity contribution in [3.05, 3.63) is 34.9 Å². The summed E-state index contributed by atoms with van der Waals surface area (Å²) in [5.41, 5.74) is 9.57. The molecule has 0 unspecified atom stereocenters. The predicted molar refractivity (Wildman–Crippen MR) is 77.1 cm³/mol. The lowest BCUT2D eigenvalue weighted by molar-refractivity contribution is -0.270. The van der Waals surface area contributed by atoms with Crippen molar-refractivity contribution in [1.82, 2.24) is 0 Å². The van der Waals surface area contributed by atoms with Gasteiger partial charge in [0, 0.05) is 5.56 Å². The largest absolute Gasteiger partial charge is 0.345 e. The van der Waals surface area contributed by atoms with Crippen LogP contribution in [0.3, 0.4) is 0 Å². The Bertz CT molecular complexity index is 443. The third kappa shape index (κ3) is 2.83. The molecule has 0 amide bonds. The average molecular weight is 263 g/mol. The van der Waals surface area contributed by atoms with Gasteiger partial charge in [0.05, 0.1) is 19.8 Å². The molecule has 3 nitrogen and oxygen atoms in total. The van der Waals surface area contributed by atoms with Crippen molar-refractivity contribution in [2.45, 2.75) is 45.3 Å². The summed E-state index contributed by atoms with van der Waals surface area (Å²) in [7, 11) is 0. The molecule has 3 heteroatoms. The van der Waals surface area contributed by atoms with Gasteiger partial charge in [-0.3, -0.25) is 0 Å². The molecular weight excluding hydrogens is 238 g/mol. The van der Waals surface area contributed by atoms with E-state index in [4.69, 9.17) is 15.2 Å². The van der Waals surface area contributed by atoms with Crippen LogP contribution in [-0.4, -0.2) is 19.8 Å². The second-order valence-electron chi connectivity index (χ2n) is 6.29. The first-order valence-electron chi connectivity index (χ1n) is 6.99. The lowest BCUT2D eigenvalue weighted by atomic mass is 9.84. The summed E-state index contributed by atoms with van der Waals surface area (Å²) in [5.74, 6) is -0.760. The fourth-order valence-corrected chi connectivity index (χ4v) is 2.46. The Kier molecular flexibility index (Phi) is 4.00. The molecule has 1 heterocycles. The molecule has 0 spiro atoms. The predicted octanol–water partition coefficient (Wildman–Crippen LogP) is 2.84. The standard InChI is InChI=1S/C16H25NO2/c1-12-6-7-13(15(2,3)4)10-14(12)16(11-17)18-8-5-9-19-16/h6-7,10H,5,8-9,11,17H2,1-4H3. The molecule has 1 aliphatic heterocycles. The number of rotatable bonds is 2. The molecule has 1 aliphatic rings. The Balaban J connectivity index is 2.47. The van der Waals surface area contributed by atoms with E-state index in [-0.39, 0.29) is 5.41 Å². The van der Waals surface area contributed by atoms with E-state index in [1.54, 1.807) is 0 Å². The van der Waals surface area contributed by atoms with E-state index in [2.05, 4.69) is 45.9 Å². The maximum atomic E-state index is 5.95. The van der Waals surface area contributed by atoms with Gasteiger partial charge in [0.25, 0.3) is 0 Å². The van der Waals surface area contributed by atoms with Crippen molar-refractivity contribution in [1.29, 1.82) is 0 Å². The van der Waals surface area contributed by atoms with Gasteiger partial charge in [0.1, 0.15) is 0 Å². The van der Waals surface area contributed by atoms with E-state index in [0.717, 1.165) is 12.0 Å². The summed E-state index contributed by atoms with van der Waals surface area (Å²) >= 11 is 0. The number of hydrogen-bond acceptors (Lipinski definition) is 3. The van der Waals surface area contributed by atoms with Gasteiger partial charge in [0.15, 0.2) is 0 Å². The fourth-order valence-electron chi connectivity index (χ4n) is 2.46. The minimum absolute atomic E-state index is 0.104. The van der Waals surface area contributed by atoms with Crippen molar-refractivity contribution in [3.63, 3.8) is 0 Å². The van der Waals surface area contributed by atoms with Crippen LogP contribution in [0, 0.1) is 6.92 Å². The number of aryl methyl sites for hydroxylation is 1. The molecule has 1 aromatic carbocycles. The third-order valence-electron chi connectivity index (χ3n) is 3.74. The molecular formula is C16H25NO2. The Morgan fingerprint density at radius 1 is 1.21 bits per heavy atom. The summed E-state index contributed by atoms with van der Waals surface area (Å²) < 4.78 is 11.8. The van der Waals surface area contributed by atoms with Gasteiger partial charge in [-0.2, -0.15) is 0 Å². The summed E-state index contributed by atoms with van der Waals surface area (Å²) in [4.78, 5) is 0. The molecule has 106 valence electrons. The van der Waals surface area contributed by atoms with Crippen LogP contribution in [-0.2, 0) is 20.7 Å². The highest BCUT2D eigenvalue weighted by Gasteiger charge is 2.37. The van der Waals surface area contributed by atoms with Gasteiger partial charge in [-0.05, 0) is 36.0 Å². The molecule has 1 fully saturated rings. The summed E-state index contributed by atoms with van der Waals surface area (Å²) in [6.45, 7) is 10.5. The summed E-state index contributed by atoms with van der Waals surface area (Å²) in [5, 5.41) is 0. The van der Waals surface area contributed by atoms with Crippen LogP contribution in [0.4, 0.5) is 0 Å². The Labute approximate surface area is 116 Å². The quantitative estimate of drug-likeness (QED) is 0.892. The smallest absolute Gasteiger partial charge is 0.207 e. The van der Waals surface area contributed by atoms with Gasteiger partial charge < -0.3 is 15.2 Å². The van der Waals surface area contributed by atoms with Crippen LogP contribution >= 0.6 is 0 Å². The Hall–Kier alpha value is -0.900. The van der Waals surface area contributed by atoms with Crippen molar-refractivity contribution < 1.29 is 9.47 Å². The highest BCUT2D eigenvalue weighted by Crippen LogP contribution is 2.35.